The minimum atomic E-state index is 0.226. The van der Waals surface area contributed by atoms with Crippen molar-refractivity contribution >= 4 is 5.69 Å². The van der Waals surface area contributed by atoms with E-state index in [0.717, 1.165) is 36.8 Å². The molecule has 0 radical (unpaired) electrons. The molecule has 18 heavy (non-hydrogen) atoms. The normalized spacial score (nSPS) is 21.7. The van der Waals surface area contributed by atoms with E-state index < -0.39 is 0 Å². The molecule has 0 bridgehead atoms. The quantitative estimate of drug-likeness (QED) is 0.845. The largest absolute Gasteiger partial charge is 0.454 e. The van der Waals surface area contributed by atoms with Crippen molar-refractivity contribution in [3.05, 3.63) is 18.2 Å². The first-order chi connectivity index (χ1) is 8.88. The third kappa shape index (κ3) is 1.95. The van der Waals surface area contributed by atoms with Gasteiger partial charge in [-0.25, -0.2) is 0 Å². The highest BCUT2D eigenvalue weighted by Crippen LogP contribution is 2.36. The van der Waals surface area contributed by atoms with Crippen molar-refractivity contribution in [2.45, 2.75) is 12.5 Å². The molecule has 1 aromatic rings. The lowest BCUT2D eigenvalue weighted by Gasteiger charge is -2.36. The molecule has 0 saturated carbocycles. The predicted molar refractivity (Wildman–Crippen MR) is 66.8 cm³/mol. The zero-order valence-corrected chi connectivity index (χ0v) is 10.1. The molecule has 1 N–H and O–H groups in total. The Morgan fingerprint density at radius 1 is 1.39 bits per heavy atom. The van der Waals surface area contributed by atoms with Crippen LogP contribution >= 0.6 is 0 Å². The van der Waals surface area contributed by atoms with Crippen molar-refractivity contribution in [2.75, 3.05) is 31.3 Å². The van der Waals surface area contributed by atoms with Gasteiger partial charge < -0.3 is 19.7 Å². The molecule has 0 amide bonds. The molecule has 5 nitrogen and oxygen atoms in total. The minimum absolute atomic E-state index is 0.226. The monoisotopic (exact) mass is 245 g/mol. The van der Waals surface area contributed by atoms with Crippen molar-refractivity contribution in [1.82, 2.24) is 5.32 Å². The second-order valence-corrected chi connectivity index (χ2v) is 4.45. The Balaban J connectivity index is 1.86. The number of ether oxygens (including phenoxy) is 2. The molecule has 0 aromatic heterocycles. The molecule has 2 heterocycles. The summed E-state index contributed by atoms with van der Waals surface area (Å²) >= 11 is 0. The van der Waals surface area contributed by atoms with Crippen LogP contribution in [0.3, 0.4) is 0 Å². The maximum Gasteiger partial charge on any atom is 0.231 e. The number of fused-ring (bicyclic) bond motifs is 1. The Hall–Kier alpha value is -1.93. The smallest absolute Gasteiger partial charge is 0.231 e. The van der Waals surface area contributed by atoms with Crippen LogP contribution < -0.4 is 19.7 Å². The van der Waals surface area contributed by atoms with Crippen molar-refractivity contribution in [1.29, 1.82) is 5.26 Å². The molecule has 5 heteroatoms. The van der Waals surface area contributed by atoms with Crippen LogP contribution in [0.4, 0.5) is 5.69 Å². The first-order valence-corrected chi connectivity index (χ1v) is 6.12. The van der Waals surface area contributed by atoms with E-state index >= 15 is 0 Å². The SMILES string of the molecule is N#CCC1CNCCN1c1ccc2c(c1)OCO2. The summed E-state index contributed by atoms with van der Waals surface area (Å²) in [5.74, 6) is 1.59. The Kier molecular flexibility index (Phi) is 2.95. The van der Waals surface area contributed by atoms with Gasteiger partial charge in [-0.15, -0.1) is 0 Å². The summed E-state index contributed by atoms with van der Waals surface area (Å²) in [5.41, 5.74) is 1.10. The van der Waals surface area contributed by atoms with Crippen molar-refractivity contribution in [2.24, 2.45) is 0 Å². The molecule has 0 spiro atoms. The van der Waals surface area contributed by atoms with Gasteiger partial charge in [-0.2, -0.15) is 5.26 Å². The van der Waals surface area contributed by atoms with E-state index in [9.17, 15) is 0 Å². The number of rotatable bonds is 2. The summed E-state index contributed by atoms with van der Waals surface area (Å²) in [5, 5.41) is 12.2. The number of nitrogens with zero attached hydrogens (tertiary/aromatic N) is 2. The average molecular weight is 245 g/mol. The molecule has 0 aliphatic carbocycles. The van der Waals surface area contributed by atoms with Gasteiger partial charge in [-0.05, 0) is 12.1 Å². The predicted octanol–water partition coefficient (Wildman–Crippen LogP) is 1.11. The first kappa shape index (κ1) is 11.2. The number of hydrogen-bond donors (Lipinski definition) is 1. The van der Waals surface area contributed by atoms with E-state index in [4.69, 9.17) is 14.7 Å². The Labute approximate surface area is 106 Å². The lowest BCUT2D eigenvalue weighted by atomic mass is 10.1. The van der Waals surface area contributed by atoms with Crippen LogP contribution in [0.5, 0.6) is 11.5 Å². The van der Waals surface area contributed by atoms with Gasteiger partial charge >= 0.3 is 0 Å². The van der Waals surface area contributed by atoms with Crippen LogP contribution in [0.15, 0.2) is 18.2 Å². The van der Waals surface area contributed by atoms with E-state index in [1.165, 1.54) is 0 Å². The highest BCUT2D eigenvalue weighted by molar-refractivity contribution is 5.58. The Morgan fingerprint density at radius 3 is 3.17 bits per heavy atom. The maximum absolute atomic E-state index is 8.89. The number of hydrogen-bond acceptors (Lipinski definition) is 5. The van der Waals surface area contributed by atoms with Crippen LogP contribution in [0.1, 0.15) is 6.42 Å². The van der Waals surface area contributed by atoms with E-state index in [2.05, 4.69) is 16.3 Å². The minimum Gasteiger partial charge on any atom is -0.454 e. The maximum atomic E-state index is 8.89. The molecule has 1 atom stereocenters. The lowest BCUT2D eigenvalue weighted by Crippen LogP contribution is -2.51. The molecular formula is C13H15N3O2. The third-order valence-corrected chi connectivity index (χ3v) is 3.36. The second-order valence-electron chi connectivity index (χ2n) is 4.45. The van der Waals surface area contributed by atoms with E-state index in [0.29, 0.717) is 13.2 Å². The second kappa shape index (κ2) is 4.75. The number of benzene rings is 1. The third-order valence-electron chi connectivity index (χ3n) is 3.36. The Morgan fingerprint density at radius 2 is 2.28 bits per heavy atom. The van der Waals surface area contributed by atoms with Gasteiger partial charge in [0.25, 0.3) is 0 Å². The zero-order chi connectivity index (χ0) is 12.4. The van der Waals surface area contributed by atoms with Crippen LogP contribution in [0, 0.1) is 11.3 Å². The fraction of sp³-hybridized carbons (Fsp3) is 0.462. The fourth-order valence-electron chi connectivity index (χ4n) is 2.45. The number of anilines is 1. The van der Waals surface area contributed by atoms with Crippen LogP contribution in [0.2, 0.25) is 0 Å². The Bertz CT molecular complexity index is 484. The number of nitrogens with one attached hydrogen (secondary N) is 1. The van der Waals surface area contributed by atoms with Gasteiger partial charge in [0.2, 0.25) is 6.79 Å². The van der Waals surface area contributed by atoms with Crippen LogP contribution in [0.25, 0.3) is 0 Å². The molecule has 1 unspecified atom stereocenters. The standard InChI is InChI=1S/C13H15N3O2/c14-4-3-11-8-15-5-6-16(11)10-1-2-12-13(7-10)18-9-17-12/h1-2,7,11,15H,3,5-6,8-9H2. The molecular weight excluding hydrogens is 230 g/mol. The van der Waals surface area contributed by atoms with Gasteiger partial charge in [0, 0.05) is 31.4 Å². The fourth-order valence-corrected chi connectivity index (χ4v) is 2.45. The van der Waals surface area contributed by atoms with Gasteiger partial charge in [0.1, 0.15) is 0 Å². The molecule has 1 fully saturated rings. The lowest BCUT2D eigenvalue weighted by molar-refractivity contribution is 0.174. The van der Waals surface area contributed by atoms with Gasteiger partial charge in [-0.3, -0.25) is 0 Å². The molecule has 2 aliphatic rings. The summed E-state index contributed by atoms with van der Waals surface area (Å²) in [7, 11) is 0. The number of nitriles is 1. The zero-order valence-electron chi connectivity index (χ0n) is 10.1. The molecule has 1 saturated heterocycles. The summed E-state index contributed by atoms with van der Waals surface area (Å²) in [4.78, 5) is 2.27. The molecule has 1 aromatic carbocycles. The van der Waals surface area contributed by atoms with Crippen molar-refractivity contribution < 1.29 is 9.47 Å². The topological polar surface area (TPSA) is 57.5 Å². The summed E-state index contributed by atoms with van der Waals surface area (Å²) < 4.78 is 10.7. The van der Waals surface area contributed by atoms with E-state index in [1.807, 2.05) is 18.2 Å². The summed E-state index contributed by atoms with van der Waals surface area (Å²) in [6.07, 6.45) is 0.529. The van der Waals surface area contributed by atoms with Crippen molar-refractivity contribution in [3.63, 3.8) is 0 Å². The molecule has 2 aliphatic heterocycles. The van der Waals surface area contributed by atoms with Gasteiger partial charge in [0.15, 0.2) is 11.5 Å². The summed E-state index contributed by atoms with van der Waals surface area (Å²) in [6.45, 7) is 2.99. The molecule has 94 valence electrons. The van der Waals surface area contributed by atoms with E-state index in [-0.39, 0.29) is 6.04 Å². The summed E-state index contributed by atoms with van der Waals surface area (Å²) in [6, 6.07) is 8.44. The van der Waals surface area contributed by atoms with Gasteiger partial charge in [0.05, 0.1) is 18.5 Å². The first-order valence-electron chi connectivity index (χ1n) is 6.12. The van der Waals surface area contributed by atoms with Gasteiger partial charge in [-0.1, -0.05) is 0 Å². The highest BCUT2D eigenvalue weighted by atomic mass is 16.7. The highest BCUT2D eigenvalue weighted by Gasteiger charge is 2.24. The van der Waals surface area contributed by atoms with E-state index in [1.54, 1.807) is 0 Å². The van der Waals surface area contributed by atoms with Crippen LogP contribution in [-0.2, 0) is 0 Å². The number of piperazine rings is 1. The molecule has 3 rings (SSSR count). The van der Waals surface area contributed by atoms with Crippen molar-refractivity contribution in [3.8, 4) is 17.6 Å². The average Bonchev–Trinajstić information content (AvgIpc) is 2.87. The van der Waals surface area contributed by atoms with Crippen LogP contribution in [-0.4, -0.2) is 32.5 Å².